The zero-order valence-corrected chi connectivity index (χ0v) is 12.6. The highest BCUT2D eigenvalue weighted by Crippen LogP contribution is 2.35. The van der Waals surface area contributed by atoms with Gasteiger partial charge in [-0.2, -0.15) is 0 Å². The maximum absolute atomic E-state index is 3.75. The first-order valence-electron chi connectivity index (χ1n) is 7.76. The first-order valence-corrected chi connectivity index (χ1v) is 7.76. The molecule has 1 aliphatic rings. The van der Waals surface area contributed by atoms with Gasteiger partial charge in [-0.05, 0) is 62.3 Å². The Balaban J connectivity index is 2.49. The third-order valence-electron chi connectivity index (χ3n) is 4.31. The van der Waals surface area contributed by atoms with E-state index in [1.54, 1.807) is 0 Å². The van der Waals surface area contributed by atoms with Gasteiger partial charge in [0.2, 0.25) is 0 Å². The lowest BCUT2D eigenvalue weighted by Crippen LogP contribution is -2.40. The molecule has 1 nitrogen and oxygen atoms in total. The second-order valence-corrected chi connectivity index (χ2v) is 6.81. The lowest BCUT2D eigenvalue weighted by molar-refractivity contribution is 0.168. The van der Waals surface area contributed by atoms with Crippen LogP contribution in [0, 0.1) is 23.7 Å². The summed E-state index contributed by atoms with van der Waals surface area (Å²) in [4.78, 5) is 0. The molecule has 1 heteroatoms. The summed E-state index contributed by atoms with van der Waals surface area (Å²) in [5.74, 6) is 3.63. The van der Waals surface area contributed by atoms with E-state index >= 15 is 0 Å². The van der Waals surface area contributed by atoms with Crippen LogP contribution in [0.25, 0.3) is 0 Å². The molecule has 0 amide bonds. The molecule has 0 saturated heterocycles. The van der Waals surface area contributed by atoms with Gasteiger partial charge in [-0.1, -0.05) is 34.6 Å². The molecule has 0 aromatic carbocycles. The Morgan fingerprint density at radius 2 is 1.59 bits per heavy atom. The van der Waals surface area contributed by atoms with Crippen molar-refractivity contribution in [3.63, 3.8) is 0 Å². The SMILES string of the molecule is CCNC(CCC(C)C)C1CC(C)CC(C)C1. The highest BCUT2D eigenvalue weighted by atomic mass is 14.9. The zero-order chi connectivity index (χ0) is 12.8. The van der Waals surface area contributed by atoms with Crippen LogP contribution < -0.4 is 5.32 Å². The smallest absolute Gasteiger partial charge is 0.00955 e. The number of rotatable bonds is 6. The maximum Gasteiger partial charge on any atom is 0.00955 e. The van der Waals surface area contributed by atoms with Crippen molar-refractivity contribution in [3.05, 3.63) is 0 Å². The summed E-state index contributed by atoms with van der Waals surface area (Å²) in [7, 11) is 0. The Bertz CT molecular complexity index is 190. The average Bonchev–Trinajstić information content (AvgIpc) is 2.22. The molecule has 3 atom stereocenters. The molecule has 1 fully saturated rings. The summed E-state index contributed by atoms with van der Waals surface area (Å²) in [6, 6.07) is 0.771. The van der Waals surface area contributed by atoms with Crippen molar-refractivity contribution >= 4 is 0 Å². The van der Waals surface area contributed by atoms with Gasteiger partial charge in [-0.25, -0.2) is 0 Å². The number of hydrogen-bond acceptors (Lipinski definition) is 1. The Kier molecular flexibility index (Phi) is 6.54. The minimum absolute atomic E-state index is 0.771. The Hall–Kier alpha value is -0.0400. The fourth-order valence-corrected chi connectivity index (χ4v) is 3.62. The molecule has 0 aromatic heterocycles. The Morgan fingerprint density at radius 3 is 2.06 bits per heavy atom. The quantitative estimate of drug-likeness (QED) is 0.721. The molecule has 0 radical (unpaired) electrons. The van der Waals surface area contributed by atoms with Crippen molar-refractivity contribution in [2.45, 2.75) is 72.8 Å². The van der Waals surface area contributed by atoms with E-state index in [1.165, 1.54) is 32.1 Å². The molecule has 102 valence electrons. The minimum atomic E-state index is 0.771. The van der Waals surface area contributed by atoms with Crippen molar-refractivity contribution in [1.29, 1.82) is 0 Å². The van der Waals surface area contributed by atoms with E-state index in [2.05, 4.69) is 39.9 Å². The number of hydrogen-bond donors (Lipinski definition) is 1. The van der Waals surface area contributed by atoms with Crippen LogP contribution in [0.2, 0.25) is 0 Å². The first-order chi connectivity index (χ1) is 8.02. The van der Waals surface area contributed by atoms with Crippen LogP contribution in [0.5, 0.6) is 0 Å². The lowest BCUT2D eigenvalue weighted by Gasteiger charge is -2.37. The van der Waals surface area contributed by atoms with E-state index in [1.807, 2.05) is 0 Å². The Labute approximate surface area is 109 Å². The molecular formula is C16H33N. The molecule has 0 heterocycles. The predicted octanol–water partition coefficient (Wildman–Crippen LogP) is 4.47. The standard InChI is InChI=1S/C16H33N/c1-6-17-16(8-7-12(2)3)15-10-13(4)9-14(5)11-15/h12-17H,6-11H2,1-5H3. The first kappa shape index (κ1) is 15.0. The van der Waals surface area contributed by atoms with E-state index in [9.17, 15) is 0 Å². The summed E-state index contributed by atoms with van der Waals surface area (Å²) in [5.41, 5.74) is 0. The minimum Gasteiger partial charge on any atom is -0.314 e. The third kappa shape index (κ3) is 5.42. The fourth-order valence-electron chi connectivity index (χ4n) is 3.62. The van der Waals surface area contributed by atoms with Crippen LogP contribution in [-0.2, 0) is 0 Å². The molecule has 0 spiro atoms. The predicted molar refractivity (Wildman–Crippen MR) is 77.2 cm³/mol. The van der Waals surface area contributed by atoms with Gasteiger partial charge in [-0.15, -0.1) is 0 Å². The zero-order valence-electron chi connectivity index (χ0n) is 12.6. The highest BCUT2D eigenvalue weighted by Gasteiger charge is 2.29. The van der Waals surface area contributed by atoms with Gasteiger partial charge in [0.15, 0.2) is 0 Å². The lowest BCUT2D eigenvalue weighted by atomic mass is 9.72. The van der Waals surface area contributed by atoms with Gasteiger partial charge in [0, 0.05) is 6.04 Å². The van der Waals surface area contributed by atoms with Gasteiger partial charge in [0.1, 0.15) is 0 Å². The average molecular weight is 239 g/mol. The highest BCUT2D eigenvalue weighted by molar-refractivity contribution is 4.83. The van der Waals surface area contributed by atoms with Crippen molar-refractivity contribution in [2.24, 2.45) is 23.7 Å². The maximum atomic E-state index is 3.75. The summed E-state index contributed by atoms with van der Waals surface area (Å²) >= 11 is 0. The molecule has 3 unspecified atom stereocenters. The van der Waals surface area contributed by atoms with Crippen molar-refractivity contribution in [3.8, 4) is 0 Å². The fraction of sp³-hybridized carbons (Fsp3) is 1.00. The summed E-state index contributed by atoms with van der Waals surface area (Å²) < 4.78 is 0. The largest absolute Gasteiger partial charge is 0.314 e. The molecule has 0 aromatic rings. The second kappa shape index (κ2) is 7.41. The molecule has 1 N–H and O–H groups in total. The van der Waals surface area contributed by atoms with Crippen LogP contribution >= 0.6 is 0 Å². The second-order valence-electron chi connectivity index (χ2n) is 6.81. The van der Waals surface area contributed by atoms with Gasteiger partial charge in [-0.3, -0.25) is 0 Å². The van der Waals surface area contributed by atoms with Gasteiger partial charge in [0.05, 0.1) is 0 Å². The molecule has 1 aliphatic carbocycles. The van der Waals surface area contributed by atoms with Crippen LogP contribution in [0.4, 0.5) is 0 Å². The van der Waals surface area contributed by atoms with Crippen molar-refractivity contribution in [2.75, 3.05) is 6.54 Å². The van der Waals surface area contributed by atoms with E-state index in [4.69, 9.17) is 0 Å². The molecule has 17 heavy (non-hydrogen) atoms. The van der Waals surface area contributed by atoms with E-state index < -0.39 is 0 Å². The van der Waals surface area contributed by atoms with Gasteiger partial charge in [0.25, 0.3) is 0 Å². The molecule has 1 saturated carbocycles. The normalized spacial score (nSPS) is 31.8. The summed E-state index contributed by atoms with van der Waals surface area (Å²) in [6.45, 7) is 12.9. The third-order valence-corrected chi connectivity index (χ3v) is 4.31. The molecule has 1 rings (SSSR count). The molecule has 0 bridgehead atoms. The van der Waals surface area contributed by atoms with Crippen LogP contribution in [0.15, 0.2) is 0 Å². The van der Waals surface area contributed by atoms with E-state index in [0.29, 0.717) is 0 Å². The summed E-state index contributed by atoms with van der Waals surface area (Å²) in [6.07, 6.45) is 7.08. The van der Waals surface area contributed by atoms with Crippen LogP contribution in [0.3, 0.4) is 0 Å². The van der Waals surface area contributed by atoms with Crippen molar-refractivity contribution < 1.29 is 0 Å². The van der Waals surface area contributed by atoms with Gasteiger partial charge >= 0.3 is 0 Å². The number of nitrogens with one attached hydrogen (secondary N) is 1. The molecular weight excluding hydrogens is 206 g/mol. The van der Waals surface area contributed by atoms with E-state index in [-0.39, 0.29) is 0 Å². The topological polar surface area (TPSA) is 12.0 Å². The van der Waals surface area contributed by atoms with Crippen LogP contribution in [-0.4, -0.2) is 12.6 Å². The summed E-state index contributed by atoms with van der Waals surface area (Å²) in [5, 5.41) is 3.75. The van der Waals surface area contributed by atoms with Crippen molar-refractivity contribution in [1.82, 2.24) is 5.32 Å². The monoisotopic (exact) mass is 239 g/mol. The van der Waals surface area contributed by atoms with Gasteiger partial charge < -0.3 is 5.32 Å². The van der Waals surface area contributed by atoms with Crippen LogP contribution in [0.1, 0.15) is 66.7 Å². The van der Waals surface area contributed by atoms with E-state index in [0.717, 1.165) is 36.3 Å². The molecule has 0 aliphatic heterocycles. The Morgan fingerprint density at radius 1 is 1.00 bits per heavy atom.